The number of nitrogens with zero attached hydrogens (tertiary/aromatic N) is 2. The summed E-state index contributed by atoms with van der Waals surface area (Å²) in [4.78, 5) is -2.02. The van der Waals surface area contributed by atoms with Crippen LogP contribution in [0, 0.1) is 13.8 Å². The Morgan fingerprint density at radius 1 is 0.423 bits per heavy atom. The molecule has 0 aliphatic rings. The lowest BCUT2D eigenvalue weighted by molar-refractivity contribution is 0.414. The maximum Gasteiger partial charge on any atom is 0.256 e. The van der Waals surface area contributed by atoms with Crippen molar-refractivity contribution in [3.05, 3.63) is 144 Å². The quantitative estimate of drug-likeness (QED) is 0.141. The van der Waals surface area contributed by atoms with Crippen molar-refractivity contribution in [2.24, 2.45) is 0 Å². The minimum absolute atomic E-state index is 0.288. The van der Waals surface area contributed by atoms with Gasteiger partial charge in [-0.2, -0.15) is 0 Å². The lowest BCUT2D eigenvalue weighted by atomic mass is 10.2. The van der Waals surface area contributed by atoms with Gasteiger partial charge in [-0.1, -0.05) is 73.1 Å². The van der Waals surface area contributed by atoms with Gasteiger partial charge in [-0.05, 0) is 91.7 Å². The van der Waals surface area contributed by atoms with Crippen LogP contribution in [0.5, 0.6) is 11.5 Å². The summed E-state index contributed by atoms with van der Waals surface area (Å²) in [6.07, 6.45) is 0. The number of sulfonamides is 4. The molecule has 12 nitrogen and oxygen atoms in total. The van der Waals surface area contributed by atoms with Crippen molar-refractivity contribution < 1.29 is 43.1 Å². The molecule has 0 aromatic heterocycles. The Morgan fingerprint density at radius 3 is 1.04 bits per heavy atom. The fourth-order valence-corrected chi connectivity index (χ4v) is 12.4. The molecule has 0 amide bonds. The third-order valence-corrected chi connectivity index (χ3v) is 16.5. The summed E-state index contributed by atoms with van der Waals surface area (Å²) in [5.41, 5.74) is 2.06. The van der Waals surface area contributed by atoms with E-state index in [9.17, 15) is 33.7 Å². The maximum atomic E-state index is 14.4. The largest absolute Gasteiger partial charge is 0.497 e. The second-order valence-electron chi connectivity index (χ2n) is 11.7. The van der Waals surface area contributed by atoms with Crippen molar-refractivity contribution in [3.63, 3.8) is 0 Å². The van der Waals surface area contributed by atoms with Crippen LogP contribution in [-0.4, -0.2) is 55.3 Å². The molecular weight excluding hydrogens is 749 g/mol. The van der Waals surface area contributed by atoms with Gasteiger partial charge in [-0.15, -0.1) is 0 Å². The first-order valence-electron chi connectivity index (χ1n) is 15.6. The van der Waals surface area contributed by atoms with E-state index >= 15 is 0 Å². The number of benzene rings is 5. The Bertz CT molecular complexity index is 2310. The number of rotatable bonds is 14. The van der Waals surface area contributed by atoms with Crippen LogP contribution in [0.3, 0.4) is 0 Å². The van der Waals surface area contributed by atoms with Gasteiger partial charge in [-0.3, -0.25) is 0 Å². The number of ether oxygens (including phenoxy) is 2. The van der Waals surface area contributed by atoms with Crippen molar-refractivity contribution in [3.8, 4) is 11.5 Å². The monoisotopic (exact) mass is 784 g/mol. The minimum Gasteiger partial charge on any atom is -0.497 e. The zero-order valence-electron chi connectivity index (χ0n) is 28.6. The van der Waals surface area contributed by atoms with E-state index in [0.717, 1.165) is 35.4 Å². The van der Waals surface area contributed by atoms with Crippen LogP contribution in [0.2, 0.25) is 0 Å². The Kier molecular flexibility index (Phi) is 11.3. The van der Waals surface area contributed by atoms with E-state index in [1.165, 1.54) is 111 Å². The first kappa shape index (κ1) is 38.6. The second kappa shape index (κ2) is 15.2. The molecule has 0 unspecified atom stereocenters. The average molecular weight is 785 g/mol. The number of hydrogen-bond donors (Lipinski definition) is 0. The van der Waals surface area contributed by atoms with E-state index < -0.39 is 63.0 Å². The molecule has 5 rings (SSSR count). The third-order valence-electron chi connectivity index (χ3n) is 8.05. The average Bonchev–Trinajstić information content (AvgIpc) is 3.13. The predicted molar refractivity (Wildman–Crippen MR) is 195 cm³/mol. The summed E-state index contributed by atoms with van der Waals surface area (Å²) in [6.45, 7) is 2.19. The highest BCUT2D eigenvalue weighted by molar-refractivity contribution is 8.04. The van der Waals surface area contributed by atoms with Crippen LogP contribution >= 0.6 is 0 Å². The normalized spacial score (nSPS) is 12.6. The summed E-state index contributed by atoms with van der Waals surface area (Å²) >= 11 is 0. The third kappa shape index (κ3) is 8.06. The number of methoxy groups -OCH3 is 2. The molecule has 0 N–H and O–H groups in total. The molecule has 16 heteroatoms. The molecule has 0 aliphatic carbocycles. The van der Waals surface area contributed by atoms with Crippen molar-refractivity contribution in [2.75, 3.05) is 14.2 Å². The highest BCUT2D eigenvalue weighted by Crippen LogP contribution is 2.32. The van der Waals surface area contributed by atoms with Gasteiger partial charge in [0.2, 0.25) is 0 Å². The molecule has 0 fully saturated rings. The van der Waals surface area contributed by atoms with Crippen molar-refractivity contribution in [1.29, 1.82) is 0 Å². The molecule has 5 aromatic rings. The zero-order chi connectivity index (χ0) is 37.9. The van der Waals surface area contributed by atoms with Crippen molar-refractivity contribution in [1.82, 2.24) is 7.42 Å². The van der Waals surface area contributed by atoms with Crippen LogP contribution in [0.25, 0.3) is 0 Å². The lowest BCUT2D eigenvalue weighted by Gasteiger charge is -2.24. The van der Waals surface area contributed by atoms with Gasteiger partial charge in [0.1, 0.15) is 11.5 Å². The molecule has 0 saturated carbocycles. The standard InChI is InChI=1S/C36H36N2O10S4/c1-27-8-20-33(21-9-27)49(39,40)37(25-29-12-16-31(47-3)17-13-29)51(43,44)35-6-5-7-36(24-35)52(45,46)38(26-30-14-18-32(48-4)19-15-30)50(41,42)34-22-10-28(2)11-23-34/h5-24H,25-26H2,1-4H3. The molecule has 0 atom stereocenters. The number of hydrogen-bond acceptors (Lipinski definition) is 10. The van der Waals surface area contributed by atoms with Gasteiger partial charge in [0.05, 0.1) is 46.9 Å². The predicted octanol–water partition coefficient (Wildman–Crippen LogP) is 5.48. The lowest BCUT2D eigenvalue weighted by Crippen LogP contribution is -2.37. The first-order chi connectivity index (χ1) is 24.5. The fraction of sp³-hybridized carbons (Fsp3) is 0.167. The molecule has 0 heterocycles. The van der Waals surface area contributed by atoms with E-state index in [1.54, 1.807) is 13.8 Å². The van der Waals surface area contributed by atoms with Crippen molar-refractivity contribution in [2.45, 2.75) is 46.5 Å². The van der Waals surface area contributed by atoms with Gasteiger partial charge in [0, 0.05) is 0 Å². The maximum absolute atomic E-state index is 14.4. The van der Waals surface area contributed by atoms with E-state index in [2.05, 4.69) is 0 Å². The summed E-state index contributed by atoms with van der Waals surface area (Å²) in [5, 5.41) is 0. The summed E-state index contributed by atoms with van der Waals surface area (Å²) in [7, 11) is -16.7. The van der Waals surface area contributed by atoms with Crippen LogP contribution in [-0.2, 0) is 53.2 Å². The Morgan fingerprint density at radius 2 is 0.731 bits per heavy atom. The Hall–Kier alpha value is -4.58. The molecule has 52 heavy (non-hydrogen) atoms. The summed E-state index contributed by atoms with van der Waals surface area (Å²) in [5.74, 6) is 0.912. The van der Waals surface area contributed by atoms with E-state index in [0.29, 0.717) is 22.6 Å². The SMILES string of the molecule is COc1ccc(CN(S(=O)(=O)c2ccc(C)cc2)S(=O)(=O)c2cccc(S(=O)(=O)N(Cc3ccc(OC)cc3)S(=O)(=O)c3ccc(C)cc3)c2)cc1. The molecule has 0 radical (unpaired) electrons. The highest BCUT2D eigenvalue weighted by Gasteiger charge is 2.40. The molecule has 5 aromatic carbocycles. The van der Waals surface area contributed by atoms with Crippen molar-refractivity contribution >= 4 is 40.1 Å². The molecule has 0 spiro atoms. The fourth-order valence-electron chi connectivity index (χ4n) is 5.04. The molecule has 0 bridgehead atoms. The number of aryl methyl sites for hydroxylation is 2. The second-order valence-corrected chi connectivity index (χ2v) is 19.6. The van der Waals surface area contributed by atoms with Crippen LogP contribution in [0.15, 0.2) is 141 Å². The highest BCUT2D eigenvalue weighted by atomic mass is 32.3. The van der Waals surface area contributed by atoms with Gasteiger partial charge < -0.3 is 9.47 Å². The minimum atomic E-state index is -5.03. The van der Waals surface area contributed by atoms with Crippen LogP contribution < -0.4 is 9.47 Å². The Balaban J connectivity index is 1.63. The van der Waals surface area contributed by atoms with E-state index in [4.69, 9.17) is 9.47 Å². The first-order valence-corrected chi connectivity index (χ1v) is 21.3. The van der Waals surface area contributed by atoms with Gasteiger partial charge in [0.25, 0.3) is 40.1 Å². The van der Waals surface area contributed by atoms with Crippen LogP contribution in [0.4, 0.5) is 0 Å². The summed E-state index contributed by atoms with van der Waals surface area (Å²) in [6, 6.07) is 27.3. The van der Waals surface area contributed by atoms with E-state index in [-0.39, 0.29) is 17.2 Å². The molecule has 0 saturated heterocycles. The Labute approximate surface area is 305 Å². The molecular formula is C36H36N2O10S4. The smallest absolute Gasteiger partial charge is 0.256 e. The van der Waals surface area contributed by atoms with Crippen LogP contribution in [0.1, 0.15) is 22.3 Å². The zero-order valence-corrected chi connectivity index (χ0v) is 31.8. The van der Waals surface area contributed by atoms with Gasteiger partial charge in [0.15, 0.2) is 0 Å². The molecule has 0 aliphatic heterocycles. The van der Waals surface area contributed by atoms with Gasteiger partial charge in [-0.25, -0.2) is 33.7 Å². The molecule has 274 valence electrons. The van der Waals surface area contributed by atoms with E-state index in [1.807, 2.05) is 0 Å². The van der Waals surface area contributed by atoms with Gasteiger partial charge >= 0.3 is 0 Å². The summed E-state index contributed by atoms with van der Waals surface area (Å²) < 4.78 is 125. The topological polar surface area (TPSA) is 161 Å².